The zero-order chi connectivity index (χ0) is 10.0. The first-order valence-electron chi connectivity index (χ1n) is 3.70. The first-order valence-corrected chi connectivity index (χ1v) is 3.70. The second kappa shape index (κ2) is 3.53. The Morgan fingerprint density at radius 1 is 1.54 bits per heavy atom. The molecule has 0 spiro atoms. The fraction of sp³-hybridized carbons (Fsp3) is 0.222. The maximum absolute atomic E-state index is 12.9. The van der Waals surface area contributed by atoms with Gasteiger partial charge in [-0.15, -0.1) is 0 Å². The molecule has 2 N–H and O–H groups in total. The summed E-state index contributed by atoms with van der Waals surface area (Å²) in [5, 5.41) is 17.5. The lowest BCUT2D eigenvalue weighted by Crippen LogP contribution is -2.06. The average molecular weight is 184 g/mol. The first kappa shape index (κ1) is 9.67. The van der Waals surface area contributed by atoms with Crippen LogP contribution in [0, 0.1) is 12.7 Å². The van der Waals surface area contributed by atoms with E-state index in [2.05, 4.69) is 0 Å². The largest absolute Gasteiger partial charge is 0.478 e. The van der Waals surface area contributed by atoms with Gasteiger partial charge < -0.3 is 10.2 Å². The number of rotatable bonds is 2. The summed E-state index contributed by atoms with van der Waals surface area (Å²) in [4.78, 5) is 10.7. The Hall–Kier alpha value is -1.42. The monoisotopic (exact) mass is 184 g/mol. The highest BCUT2D eigenvalue weighted by molar-refractivity contribution is 5.91. The van der Waals surface area contributed by atoms with Crippen LogP contribution in [0.25, 0.3) is 0 Å². The molecular weight excluding hydrogens is 175 g/mol. The molecule has 3 nitrogen and oxygen atoms in total. The van der Waals surface area contributed by atoms with Crippen molar-refractivity contribution < 1.29 is 19.4 Å². The van der Waals surface area contributed by atoms with Gasteiger partial charge in [-0.1, -0.05) is 6.07 Å². The van der Waals surface area contributed by atoms with Gasteiger partial charge in [0.1, 0.15) is 5.82 Å². The lowest BCUT2D eigenvalue weighted by molar-refractivity contribution is 0.0692. The Kier molecular flexibility index (Phi) is 2.63. The van der Waals surface area contributed by atoms with E-state index < -0.39 is 18.4 Å². The molecule has 1 rings (SSSR count). The number of carbonyl (C=O) groups is 1. The maximum Gasteiger partial charge on any atom is 0.336 e. The Balaban J connectivity index is 3.41. The number of benzene rings is 1. The molecule has 0 saturated heterocycles. The van der Waals surface area contributed by atoms with E-state index in [1.165, 1.54) is 13.0 Å². The fourth-order valence-corrected chi connectivity index (χ4v) is 1.17. The minimum atomic E-state index is -1.22. The third-order valence-electron chi connectivity index (χ3n) is 1.87. The predicted molar refractivity (Wildman–Crippen MR) is 44.0 cm³/mol. The fourth-order valence-electron chi connectivity index (χ4n) is 1.17. The molecule has 0 radical (unpaired) electrons. The summed E-state index contributed by atoms with van der Waals surface area (Å²) in [5.41, 5.74) is 0.132. The molecule has 4 heteroatoms. The molecule has 0 fully saturated rings. The van der Waals surface area contributed by atoms with Crippen LogP contribution in [0.1, 0.15) is 21.5 Å². The van der Waals surface area contributed by atoms with Crippen molar-refractivity contribution in [1.29, 1.82) is 0 Å². The van der Waals surface area contributed by atoms with Gasteiger partial charge in [0.25, 0.3) is 0 Å². The third kappa shape index (κ3) is 1.67. The van der Waals surface area contributed by atoms with Crippen molar-refractivity contribution in [2.45, 2.75) is 13.5 Å². The van der Waals surface area contributed by atoms with Crippen LogP contribution in [0.4, 0.5) is 4.39 Å². The normalized spacial score (nSPS) is 10.1. The predicted octanol–water partition coefficient (Wildman–Crippen LogP) is 1.32. The summed E-state index contributed by atoms with van der Waals surface area (Å²) in [5.74, 6) is -1.80. The van der Waals surface area contributed by atoms with Crippen molar-refractivity contribution in [3.8, 4) is 0 Å². The van der Waals surface area contributed by atoms with Gasteiger partial charge in [-0.2, -0.15) is 0 Å². The van der Waals surface area contributed by atoms with Crippen LogP contribution in [0.3, 0.4) is 0 Å². The number of aliphatic hydroxyl groups excluding tert-OH is 1. The number of carboxylic acids is 1. The minimum Gasteiger partial charge on any atom is -0.478 e. The number of hydrogen-bond donors (Lipinski definition) is 2. The number of aliphatic hydroxyl groups is 1. The topological polar surface area (TPSA) is 57.5 Å². The van der Waals surface area contributed by atoms with Gasteiger partial charge in [-0.05, 0) is 24.1 Å². The molecule has 0 aliphatic heterocycles. The molecule has 70 valence electrons. The number of aromatic carboxylic acids is 1. The van der Waals surface area contributed by atoms with Crippen LogP contribution in [0.2, 0.25) is 0 Å². The Morgan fingerprint density at radius 3 is 2.62 bits per heavy atom. The van der Waals surface area contributed by atoms with E-state index >= 15 is 0 Å². The highest BCUT2D eigenvalue weighted by Crippen LogP contribution is 2.17. The molecule has 13 heavy (non-hydrogen) atoms. The lowest BCUT2D eigenvalue weighted by Gasteiger charge is -2.06. The zero-order valence-corrected chi connectivity index (χ0v) is 7.04. The van der Waals surface area contributed by atoms with Gasteiger partial charge in [0, 0.05) is 0 Å². The number of carboxylic acid groups (broad SMARTS) is 1. The molecule has 0 aliphatic rings. The van der Waals surface area contributed by atoms with Crippen molar-refractivity contribution >= 4 is 5.97 Å². The van der Waals surface area contributed by atoms with E-state index in [4.69, 9.17) is 10.2 Å². The van der Waals surface area contributed by atoms with Crippen molar-refractivity contribution in [3.05, 3.63) is 34.6 Å². The van der Waals surface area contributed by atoms with E-state index in [0.29, 0.717) is 0 Å². The van der Waals surface area contributed by atoms with E-state index in [9.17, 15) is 9.18 Å². The van der Waals surface area contributed by atoms with Gasteiger partial charge in [0.2, 0.25) is 0 Å². The molecule has 0 unspecified atom stereocenters. The summed E-state index contributed by atoms with van der Waals surface area (Å²) >= 11 is 0. The van der Waals surface area contributed by atoms with E-state index in [-0.39, 0.29) is 16.7 Å². The molecule has 0 aliphatic carbocycles. The van der Waals surface area contributed by atoms with Crippen LogP contribution in [0.5, 0.6) is 0 Å². The van der Waals surface area contributed by atoms with E-state index in [1.54, 1.807) is 0 Å². The number of hydrogen-bond acceptors (Lipinski definition) is 2. The van der Waals surface area contributed by atoms with Gasteiger partial charge in [0.15, 0.2) is 0 Å². The summed E-state index contributed by atoms with van der Waals surface area (Å²) in [6, 6.07) is 2.42. The van der Waals surface area contributed by atoms with E-state index in [1.807, 2.05) is 0 Å². The summed E-state index contributed by atoms with van der Waals surface area (Å²) < 4.78 is 12.9. The standard InChI is InChI=1S/C9H9FO3/c1-5-7(10)3-2-6(4-11)8(5)9(12)13/h2-3,11H,4H2,1H3,(H,12,13). The second-order valence-corrected chi connectivity index (χ2v) is 2.67. The summed E-state index contributed by atoms with van der Waals surface area (Å²) in [6.45, 7) is 0.973. The first-order chi connectivity index (χ1) is 6.07. The second-order valence-electron chi connectivity index (χ2n) is 2.67. The van der Waals surface area contributed by atoms with Crippen LogP contribution in [-0.4, -0.2) is 16.2 Å². The van der Waals surface area contributed by atoms with Crippen molar-refractivity contribution in [3.63, 3.8) is 0 Å². The molecule has 0 heterocycles. The quantitative estimate of drug-likeness (QED) is 0.728. The van der Waals surface area contributed by atoms with Crippen molar-refractivity contribution in [2.75, 3.05) is 0 Å². The Labute approximate surface area is 74.4 Å². The molecule has 1 aromatic rings. The van der Waals surface area contributed by atoms with Crippen LogP contribution in [-0.2, 0) is 6.61 Å². The summed E-state index contributed by atoms with van der Waals surface area (Å²) in [6.07, 6.45) is 0. The minimum absolute atomic E-state index is 0.0547. The van der Waals surface area contributed by atoms with Gasteiger partial charge in [-0.25, -0.2) is 9.18 Å². The van der Waals surface area contributed by atoms with Gasteiger partial charge >= 0.3 is 5.97 Å². The van der Waals surface area contributed by atoms with E-state index in [0.717, 1.165) is 6.07 Å². The molecule has 0 amide bonds. The number of halogens is 1. The zero-order valence-electron chi connectivity index (χ0n) is 7.04. The Bertz CT molecular complexity index is 347. The van der Waals surface area contributed by atoms with Crippen molar-refractivity contribution in [1.82, 2.24) is 0 Å². The van der Waals surface area contributed by atoms with Gasteiger partial charge in [-0.3, -0.25) is 0 Å². The maximum atomic E-state index is 12.9. The third-order valence-corrected chi connectivity index (χ3v) is 1.87. The van der Waals surface area contributed by atoms with Crippen LogP contribution in [0.15, 0.2) is 12.1 Å². The molecule has 0 saturated carbocycles. The van der Waals surface area contributed by atoms with Crippen LogP contribution >= 0.6 is 0 Å². The lowest BCUT2D eigenvalue weighted by atomic mass is 10.0. The molecule has 0 aromatic heterocycles. The molecule has 1 aromatic carbocycles. The highest BCUT2D eigenvalue weighted by atomic mass is 19.1. The van der Waals surface area contributed by atoms with Gasteiger partial charge in [0.05, 0.1) is 12.2 Å². The summed E-state index contributed by atoms with van der Waals surface area (Å²) in [7, 11) is 0. The molecular formula is C9H9FO3. The smallest absolute Gasteiger partial charge is 0.336 e. The SMILES string of the molecule is Cc1c(F)ccc(CO)c1C(=O)O. The average Bonchev–Trinajstić information content (AvgIpc) is 2.08. The Morgan fingerprint density at radius 2 is 2.15 bits per heavy atom. The molecule has 0 atom stereocenters. The highest BCUT2D eigenvalue weighted by Gasteiger charge is 2.15. The van der Waals surface area contributed by atoms with Crippen LogP contribution < -0.4 is 0 Å². The van der Waals surface area contributed by atoms with Crippen molar-refractivity contribution in [2.24, 2.45) is 0 Å². The molecule has 0 bridgehead atoms.